The second kappa shape index (κ2) is 6.56. The standard InChI is InChI=1S/C14H9Cl2FN2O2/c15-8-4-5-12(11(16)6-8)19-14(21)13(20)18-10-3-1-2-9(17)7-10/h1-7H,(H,18,20)(H,19,21). The van der Waals surface area contributed by atoms with Crippen LogP contribution in [0.15, 0.2) is 42.5 Å². The first-order valence-corrected chi connectivity index (χ1v) is 6.54. The van der Waals surface area contributed by atoms with E-state index in [1.165, 1.54) is 36.4 Å². The first kappa shape index (κ1) is 15.3. The fourth-order valence-electron chi connectivity index (χ4n) is 1.52. The Bertz CT molecular complexity index is 707. The van der Waals surface area contributed by atoms with Gasteiger partial charge in [-0.05, 0) is 36.4 Å². The van der Waals surface area contributed by atoms with Gasteiger partial charge < -0.3 is 10.6 Å². The zero-order valence-electron chi connectivity index (χ0n) is 10.5. The molecule has 2 N–H and O–H groups in total. The molecule has 2 amide bonds. The molecule has 108 valence electrons. The van der Waals surface area contributed by atoms with Gasteiger partial charge in [0.2, 0.25) is 0 Å². The minimum absolute atomic E-state index is 0.178. The number of benzene rings is 2. The summed E-state index contributed by atoms with van der Waals surface area (Å²) in [5.41, 5.74) is 0.429. The summed E-state index contributed by atoms with van der Waals surface area (Å²) >= 11 is 11.6. The molecule has 0 aliphatic carbocycles. The van der Waals surface area contributed by atoms with Crippen LogP contribution in [0.1, 0.15) is 0 Å². The van der Waals surface area contributed by atoms with Gasteiger partial charge in [-0.1, -0.05) is 29.3 Å². The van der Waals surface area contributed by atoms with Gasteiger partial charge in [0.15, 0.2) is 0 Å². The highest BCUT2D eigenvalue weighted by Crippen LogP contribution is 2.25. The van der Waals surface area contributed by atoms with Gasteiger partial charge in [-0.25, -0.2) is 4.39 Å². The molecule has 0 unspecified atom stereocenters. The summed E-state index contributed by atoms with van der Waals surface area (Å²) in [6, 6.07) is 9.63. The number of carbonyl (C=O) groups excluding carboxylic acids is 2. The summed E-state index contributed by atoms with van der Waals surface area (Å²) < 4.78 is 13.0. The van der Waals surface area contributed by atoms with Crippen LogP contribution < -0.4 is 10.6 Å². The van der Waals surface area contributed by atoms with Crippen molar-refractivity contribution in [3.8, 4) is 0 Å². The monoisotopic (exact) mass is 326 g/mol. The molecule has 2 aromatic rings. The minimum Gasteiger partial charge on any atom is -0.318 e. The number of hydrogen-bond donors (Lipinski definition) is 2. The van der Waals surface area contributed by atoms with Crippen LogP contribution in [0.25, 0.3) is 0 Å². The van der Waals surface area contributed by atoms with E-state index in [4.69, 9.17) is 23.2 Å². The van der Waals surface area contributed by atoms with Crippen molar-refractivity contribution in [3.05, 3.63) is 58.3 Å². The molecule has 0 aliphatic heterocycles. The van der Waals surface area contributed by atoms with Gasteiger partial charge in [0.1, 0.15) is 5.82 Å². The fourth-order valence-corrected chi connectivity index (χ4v) is 1.98. The molecular weight excluding hydrogens is 318 g/mol. The number of carbonyl (C=O) groups is 2. The summed E-state index contributed by atoms with van der Waals surface area (Å²) in [5, 5.41) is 5.22. The van der Waals surface area contributed by atoms with E-state index in [0.717, 1.165) is 6.07 Å². The van der Waals surface area contributed by atoms with Gasteiger partial charge in [0.05, 0.1) is 10.7 Å². The SMILES string of the molecule is O=C(Nc1cccc(F)c1)C(=O)Nc1ccc(Cl)cc1Cl. The lowest BCUT2D eigenvalue weighted by Gasteiger charge is -2.08. The van der Waals surface area contributed by atoms with E-state index in [1.807, 2.05) is 0 Å². The molecule has 2 aromatic carbocycles. The quantitative estimate of drug-likeness (QED) is 0.826. The Kier molecular flexibility index (Phi) is 4.77. The van der Waals surface area contributed by atoms with E-state index in [9.17, 15) is 14.0 Å². The number of halogens is 3. The van der Waals surface area contributed by atoms with Crippen molar-refractivity contribution >= 4 is 46.4 Å². The lowest BCUT2D eigenvalue weighted by Crippen LogP contribution is -2.29. The maximum Gasteiger partial charge on any atom is 0.314 e. The van der Waals surface area contributed by atoms with Crippen LogP contribution in [0, 0.1) is 5.82 Å². The highest BCUT2D eigenvalue weighted by atomic mass is 35.5. The third-order valence-electron chi connectivity index (χ3n) is 2.47. The molecule has 7 heteroatoms. The zero-order valence-corrected chi connectivity index (χ0v) is 12.0. The third-order valence-corrected chi connectivity index (χ3v) is 3.02. The first-order valence-electron chi connectivity index (χ1n) is 5.78. The first-order chi connectivity index (χ1) is 9.95. The Morgan fingerprint density at radius 1 is 0.952 bits per heavy atom. The Morgan fingerprint density at radius 2 is 1.67 bits per heavy atom. The lowest BCUT2D eigenvalue weighted by molar-refractivity contribution is -0.132. The van der Waals surface area contributed by atoms with E-state index < -0.39 is 17.6 Å². The molecule has 21 heavy (non-hydrogen) atoms. The van der Waals surface area contributed by atoms with Crippen LogP contribution in [0.2, 0.25) is 10.0 Å². The van der Waals surface area contributed by atoms with Gasteiger partial charge in [0.25, 0.3) is 0 Å². The van der Waals surface area contributed by atoms with Crippen LogP contribution in [0.5, 0.6) is 0 Å². The topological polar surface area (TPSA) is 58.2 Å². The van der Waals surface area contributed by atoms with Crippen LogP contribution >= 0.6 is 23.2 Å². The van der Waals surface area contributed by atoms with Crippen LogP contribution in [-0.4, -0.2) is 11.8 Å². The molecule has 4 nitrogen and oxygen atoms in total. The molecular formula is C14H9Cl2FN2O2. The van der Waals surface area contributed by atoms with Crippen LogP contribution in [-0.2, 0) is 9.59 Å². The average molecular weight is 327 g/mol. The highest BCUT2D eigenvalue weighted by molar-refractivity contribution is 6.45. The molecule has 0 heterocycles. The predicted octanol–water partition coefficient (Wildman–Crippen LogP) is 3.71. The van der Waals surface area contributed by atoms with Crippen LogP contribution in [0.3, 0.4) is 0 Å². The Morgan fingerprint density at radius 3 is 2.33 bits per heavy atom. The van der Waals surface area contributed by atoms with Crippen LogP contribution in [0.4, 0.5) is 15.8 Å². The molecule has 0 saturated heterocycles. The summed E-state index contributed by atoms with van der Waals surface area (Å²) in [7, 11) is 0. The second-order valence-corrected chi connectivity index (χ2v) is 4.89. The van der Waals surface area contributed by atoms with Crippen molar-refractivity contribution < 1.29 is 14.0 Å². The van der Waals surface area contributed by atoms with Crippen molar-refractivity contribution in [1.29, 1.82) is 0 Å². The summed E-state index contributed by atoms with van der Waals surface area (Å²) in [6.07, 6.45) is 0. The molecule has 0 radical (unpaired) electrons. The number of amides is 2. The molecule has 0 aliphatic rings. The lowest BCUT2D eigenvalue weighted by atomic mass is 10.3. The fraction of sp³-hybridized carbons (Fsp3) is 0. The molecule has 0 spiro atoms. The van der Waals surface area contributed by atoms with Crippen molar-refractivity contribution in [3.63, 3.8) is 0 Å². The maximum atomic E-state index is 13.0. The molecule has 0 aromatic heterocycles. The predicted molar refractivity (Wildman–Crippen MR) is 80.1 cm³/mol. The molecule has 0 saturated carbocycles. The van der Waals surface area contributed by atoms with Gasteiger partial charge >= 0.3 is 11.8 Å². The van der Waals surface area contributed by atoms with Gasteiger partial charge in [0, 0.05) is 10.7 Å². The van der Waals surface area contributed by atoms with E-state index in [2.05, 4.69) is 10.6 Å². The largest absolute Gasteiger partial charge is 0.318 e. The van der Waals surface area contributed by atoms with Crippen molar-refractivity contribution in [2.24, 2.45) is 0 Å². The molecule has 0 fully saturated rings. The van der Waals surface area contributed by atoms with E-state index in [-0.39, 0.29) is 16.4 Å². The summed E-state index contributed by atoms with van der Waals surface area (Å²) in [4.78, 5) is 23.4. The van der Waals surface area contributed by atoms with E-state index in [1.54, 1.807) is 0 Å². The van der Waals surface area contributed by atoms with Crippen molar-refractivity contribution in [1.82, 2.24) is 0 Å². The van der Waals surface area contributed by atoms with Gasteiger partial charge in [-0.15, -0.1) is 0 Å². The van der Waals surface area contributed by atoms with Crippen molar-refractivity contribution in [2.75, 3.05) is 10.6 Å². The minimum atomic E-state index is -0.938. The third kappa shape index (κ3) is 4.18. The molecule has 2 rings (SSSR count). The number of hydrogen-bond acceptors (Lipinski definition) is 2. The molecule has 0 atom stereocenters. The smallest absolute Gasteiger partial charge is 0.314 e. The van der Waals surface area contributed by atoms with Crippen molar-refractivity contribution in [2.45, 2.75) is 0 Å². The Hall–Kier alpha value is -2.11. The number of rotatable bonds is 2. The highest BCUT2D eigenvalue weighted by Gasteiger charge is 2.15. The van der Waals surface area contributed by atoms with E-state index in [0.29, 0.717) is 5.02 Å². The average Bonchev–Trinajstić information content (AvgIpc) is 2.41. The normalized spacial score (nSPS) is 10.0. The molecule has 0 bridgehead atoms. The Balaban J connectivity index is 2.04. The second-order valence-electron chi connectivity index (χ2n) is 4.04. The number of anilines is 2. The summed E-state index contributed by atoms with van der Waals surface area (Å²) in [5.74, 6) is -2.39. The van der Waals surface area contributed by atoms with Gasteiger partial charge in [-0.2, -0.15) is 0 Å². The Labute approximate surface area is 129 Å². The zero-order chi connectivity index (χ0) is 15.4. The van der Waals surface area contributed by atoms with E-state index >= 15 is 0 Å². The number of nitrogens with one attached hydrogen (secondary N) is 2. The maximum absolute atomic E-state index is 13.0. The summed E-state index contributed by atoms with van der Waals surface area (Å²) in [6.45, 7) is 0. The van der Waals surface area contributed by atoms with Gasteiger partial charge in [-0.3, -0.25) is 9.59 Å².